The summed E-state index contributed by atoms with van der Waals surface area (Å²) >= 11 is 5.77. The van der Waals surface area contributed by atoms with E-state index in [-0.39, 0.29) is 41.8 Å². The van der Waals surface area contributed by atoms with E-state index in [4.69, 9.17) is 11.6 Å². The van der Waals surface area contributed by atoms with Gasteiger partial charge in [0.15, 0.2) is 0 Å². The number of nitrogens with one attached hydrogen (secondary N) is 3. The highest BCUT2D eigenvalue weighted by Gasteiger charge is 2.30. The van der Waals surface area contributed by atoms with Crippen LogP contribution < -0.4 is 15.4 Å². The lowest BCUT2D eigenvalue weighted by atomic mass is 10.1. The molecule has 1 saturated heterocycles. The number of carbonyl (C=O) groups excluding carboxylic acids is 1. The molecular formula is C15H20Cl2N6O3S. The highest BCUT2D eigenvalue weighted by molar-refractivity contribution is 7.89. The number of sulfonamides is 1. The predicted octanol–water partition coefficient (Wildman–Crippen LogP) is 0.481. The van der Waals surface area contributed by atoms with Crippen molar-refractivity contribution in [1.82, 2.24) is 30.3 Å². The summed E-state index contributed by atoms with van der Waals surface area (Å²) in [6.07, 6.45) is 2.28. The molecule has 1 aromatic carbocycles. The van der Waals surface area contributed by atoms with Gasteiger partial charge in [0.1, 0.15) is 0 Å². The van der Waals surface area contributed by atoms with Crippen LogP contribution in [0.1, 0.15) is 18.2 Å². The van der Waals surface area contributed by atoms with Crippen molar-refractivity contribution >= 4 is 39.9 Å². The number of amides is 1. The summed E-state index contributed by atoms with van der Waals surface area (Å²) in [5.74, 6) is -0.0661. The molecule has 1 amide bonds. The largest absolute Gasteiger partial charge is 0.358 e. The standard InChI is InChI=1S/C15H19ClN6O3S.ClH/c1-17-15(23)14-6-12(8-18-14)22-9-11(20-21-22)7-19-26(24,25)13-4-2-10(16)3-5-13;/h2-5,9,12,14,18-19H,6-8H2,1H3,(H,17,23);1H/t12-,14-;/m0./s1. The lowest BCUT2D eigenvalue weighted by molar-refractivity contribution is -0.122. The van der Waals surface area contributed by atoms with E-state index in [2.05, 4.69) is 25.7 Å². The quantitative estimate of drug-likeness (QED) is 0.608. The Morgan fingerprint density at radius 1 is 1.37 bits per heavy atom. The Morgan fingerprint density at radius 2 is 2.07 bits per heavy atom. The van der Waals surface area contributed by atoms with E-state index in [1.165, 1.54) is 24.3 Å². The summed E-state index contributed by atoms with van der Waals surface area (Å²) < 4.78 is 28.7. The minimum Gasteiger partial charge on any atom is -0.358 e. The monoisotopic (exact) mass is 434 g/mol. The van der Waals surface area contributed by atoms with Crippen molar-refractivity contribution in [2.75, 3.05) is 13.6 Å². The maximum Gasteiger partial charge on any atom is 0.240 e. The van der Waals surface area contributed by atoms with Gasteiger partial charge in [-0.2, -0.15) is 0 Å². The van der Waals surface area contributed by atoms with Crippen molar-refractivity contribution in [2.24, 2.45) is 0 Å². The van der Waals surface area contributed by atoms with Gasteiger partial charge in [-0.3, -0.25) is 4.79 Å². The van der Waals surface area contributed by atoms with E-state index < -0.39 is 10.0 Å². The predicted molar refractivity (Wildman–Crippen MR) is 102 cm³/mol. The first-order valence-corrected chi connectivity index (χ1v) is 9.86. The lowest BCUT2D eigenvalue weighted by Crippen LogP contribution is -2.38. The topological polar surface area (TPSA) is 118 Å². The molecule has 1 aliphatic heterocycles. The Hall–Kier alpha value is -1.72. The minimum atomic E-state index is -3.66. The van der Waals surface area contributed by atoms with Gasteiger partial charge in [-0.1, -0.05) is 16.8 Å². The maximum absolute atomic E-state index is 12.3. The minimum absolute atomic E-state index is 0. The van der Waals surface area contributed by atoms with E-state index >= 15 is 0 Å². The second kappa shape index (κ2) is 8.98. The molecule has 1 aromatic heterocycles. The fraction of sp³-hybridized carbons (Fsp3) is 0.400. The molecule has 3 rings (SSSR count). The Labute approximate surface area is 168 Å². The van der Waals surface area contributed by atoms with Gasteiger partial charge < -0.3 is 10.6 Å². The fourth-order valence-corrected chi connectivity index (χ4v) is 3.86. The van der Waals surface area contributed by atoms with Crippen molar-refractivity contribution < 1.29 is 13.2 Å². The summed E-state index contributed by atoms with van der Waals surface area (Å²) in [5.41, 5.74) is 0.492. The van der Waals surface area contributed by atoms with E-state index in [0.717, 1.165) is 0 Å². The Balaban J connectivity index is 0.00000261. The van der Waals surface area contributed by atoms with Crippen LogP contribution in [0, 0.1) is 0 Å². The van der Waals surface area contributed by atoms with Crippen molar-refractivity contribution in [1.29, 1.82) is 0 Å². The normalized spacial score (nSPS) is 19.5. The van der Waals surface area contributed by atoms with Crippen LogP contribution in [0.2, 0.25) is 5.02 Å². The van der Waals surface area contributed by atoms with E-state index in [1.807, 2.05) is 0 Å². The van der Waals surface area contributed by atoms with Crippen molar-refractivity contribution in [3.05, 3.63) is 41.2 Å². The van der Waals surface area contributed by atoms with Gasteiger partial charge in [0.25, 0.3) is 0 Å². The van der Waals surface area contributed by atoms with Crippen LogP contribution in [0.15, 0.2) is 35.4 Å². The number of carbonyl (C=O) groups is 1. The molecule has 0 aliphatic carbocycles. The van der Waals surface area contributed by atoms with Crippen LogP contribution in [-0.2, 0) is 21.4 Å². The Kier molecular flexibility index (Phi) is 7.18. The zero-order valence-electron chi connectivity index (χ0n) is 14.4. The molecule has 1 fully saturated rings. The number of nitrogens with zero attached hydrogens (tertiary/aromatic N) is 3. The van der Waals surface area contributed by atoms with Crippen LogP contribution in [0.4, 0.5) is 0 Å². The van der Waals surface area contributed by atoms with Crippen molar-refractivity contribution in [3.63, 3.8) is 0 Å². The smallest absolute Gasteiger partial charge is 0.240 e. The molecule has 0 saturated carbocycles. The van der Waals surface area contributed by atoms with Crippen LogP contribution in [0.3, 0.4) is 0 Å². The van der Waals surface area contributed by atoms with Gasteiger partial charge in [-0.05, 0) is 30.7 Å². The fourth-order valence-electron chi connectivity index (χ4n) is 2.73. The van der Waals surface area contributed by atoms with Gasteiger partial charge in [0.05, 0.1) is 35.4 Å². The molecule has 2 aromatic rings. The molecule has 148 valence electrons. The molecular weight excluding hydrogens is 415 g/mol. The molecule has 9 nitrogen and oxygen atoms in total. The lowest BCUT2D eigenvalue weighted by Gasteiger charge is -2.09. The molecule has 0 unspecified atom stereocenters. The summed E-state index contributed by atoms with van der Waals surface area (Å²) in [6, 6.07) is 5.63. The van der Waals surface area contributed by atoms with Gasteiger partial charge in [0.2, 0.25) is 15.9 Å². The molecule has 0 radical (unpaired) electrons. The molecule has 2 heterocycles. The summed E-state index contributed by atoms with van der Waals surface area (Å²) in [4.78, 5) is 11.8. The van der Waals surface area contributed by atoms with E-state index in [1.54, 1.807) is 17.9 Å². The number of aromatic nitrogens is 3. The molecule has 1 aliphatic rings. The highest BCUT2D eigenvalue weighted by Crippen LogP contribution is 2.19. The van der Waals surface area contributed by atoms with Crippen LogP contribution in [-0.4, -0.2) is 49.0 Å². The van der Waals surface area contributed by atoms with Gasteiger partial charge in [-0.15, -0.1) is 17.5 Å². The van der Waals surface area contributed by atoms with Crippen molar-refractivity contribution in [3.8, 4) is 0 Å². The molecule has 3 N–H and O–H groups in total. The van der Waals surface area contributed by atoms with Gasteiger partial charge in [-0.25, -0.2) is 17.8 Å². The zero-order chi connectivity index (χ0) is 18.7. The number of halogens is 2. The number of rotatable bonds is 6. The SMILES string of the molecule is CNC(=O)[C@@H]1C[C@H](n2cc(CNS(=O)(=O)c3ccc(Cl)cc3)nn2)CN1.Cl. The van der Waals surface area contributed by atoms with Crippen LogP contribution >= 0.6 is 24.0 Å². The van der Waals surface area contributed by atoms with E-state index in [9.17, 15) is 13.2 Å². The Morgan fingerprint density at radius 3 is 2.74 bits per heavy atom. The number of hydrogen-bond donors (Lipinski definition) is 3. The third kappa shape index (κ3) is 5.17. The van der Waals surface area contributed by atoms with Crippen molar-refractivity contribution in [2.45, 2.75) is 29.9 Å². The van der Waals surface area contributed by atoms with E-state index in [0.29, 0.717) is 23.7 Å². The first-order valence-electron chi connectivity index (χ1n) is 8.00. The molecule has 12 heteroatoms. The average molecular weight is 435 g/mol. The summed E-state index contributed by atoms with van der Waals surface area (Å²) in [5, 5.41) is 14.2. The van der Waals surface area contributed by atoms with Crippen LogP contribution in [0.5, 0.6) is 0 Å². The second-order valence-corrected chi connectivity index (χ2v) is 8.14. The van der Waals surface area contributed by atoms with Gasteiger partial charge >= 0.3 is 0 Å². The highest BCUT2D eigenvalue weighted by atomic mass is 35.5. The maximum atomic E-state index is 12.3. The third-order valence-electron chi connectivity index (χ3n) is 4.17. The summed E-state index contributed by atoms with van der Waals surface area (Å²) in [6.45, 7) is 0.612. The molecule has 27 heavy (non-hydrogen) atoms. The zero-order valence-corrected chi connectivity index (χ0v) is 16.8. The Bertz CT molecular complexity index is 887. The second-order valence-electron chi connectivity index (χ2n) is 5.93. The number of benzene rings is 1. The first-order chi connectivity index (χ1) is 12.4. The number of likely N-dealkylation sites (N-methyl/N-ethyl adjacent to an activating group) is 1. The first kappa shape index (κ1) is 21.6. The van der Waals surface area contributed by atoms with Crippen LogP contribution in [0.25, 0.3) is 0 Å². The van der Waals surface area contributed by atoms with Gasteiger partial charge in [0, 0.05) is 18.6 Å². The molecule has 2 atom stereocenters. The molecule has 0 spiro atoms. The summed E-state index contributed by atoms with van der Waals surface area (Å²) in [7, 11) is -2.06. The average Bonchev–Trinajstić information content (AvgIpc) is 3.29. The number of hydrogen-bond acceptors (Lipinski definition) is 6. The molecule has 0 bridgehead atoms. The third-order valence-corrected chi connectivity index (χ3v) is 5.84.